The smallest absolute Gasteiger partial charge is 0.319 e. The molecule has 1 fully saturated rings. The molecule has 1 saturated heterocycles. The number of hydrogen-bond donors (Lipinski definition) is 2. The van der Waals surface area contributed by atoms with E-state index >= 15 is 0 Å². The fourth-order valence-corrected chi connectivity index (χ4v) is 3.79. The second-order valence-corrected chi connectivity index (χ2v) is 8.39. The number of sulfonamides is 1. The van der Waals surface area contributed by atoms with Crippen LogP contribution >= 0.6 is 0 Å². The predicted octanol–water partition coefficient (Wildman–Crippen LogP) is 1.12. The van der Waals surface area contributed by atoms with Crippen LogP contribution in [-0.2, 0) is 10.0 Å². The Balaban J connectivity index is 1.60. The second-order valence-electron chi connectivity index (χ2n) is 6.40. The molecule has 2 aromatic rings. The van der Waals surface area contributed by atoms with Crippen molar-refractivity contribution in [3.63, 3.8) is 0 Å². The van der Waals surface area contributed by atoms with Gasteiger partial charge in [0.25, 0.3) is 0 Å². The molecule has 2 N–H and O–H groups in total. The Hall–Kier alpha value is -2.46. The summed E-state index contributed by atoms with van der Waals surface area (Å²) in [6, 6.07) is 5.34. The molecular formula is C16H22N6O3S. The molecule has 0 saturated carbocycles. The van der Waals surface area contributed by atoms with Crippen molar-refractivity contribution in [2.75, 3.05) is 24.7 Å². The number of nitrogens with zero attached hydrogens (tertiary/aromatic N) is 4. The molecule has 0 spiro atoms. The third-order valence-corrected chi connectivity index (χ3v) is 5.75. The number of nitrogens with one attached hydrogen (secondary N) is 2. The van der Waals surface area contributed by atoms with Crippen molar-refractivity contribution < 1.29 is 13.2 Å². The number of urea groups is 1. The highest BCUT2D eigenvalue weighted by Gasteiger charge is 2.25. The fraction of sp³-hybridized carbons (Fsp3) is 0.438. The zero-order valence-electron chi connectivity index (χ0n) is 14.7. The van der Waals surface area contributed by atoms with E-state index in [9.17, 15) is 13.2 Å². The first-order valence-corrected chi connectivity index (χ1v) is 10.2. The molecule has 3 rings (SSSR count). The van der Waals surface area contributed by atoms with Crippen LogP contribution in [-0.4, -0.2) is 58.9 Å². The summed E-state index contributed by atoms with van der Waals surface area (Å²) < 4.78 is 26.3. The Bertz CT molecular complexity index is 873. The average Bonchev–Trinajstić information content (AvgIpc) is 3.11. The molecule has 140 valence electrons. The molecule has 1 aliphatic rings. The van der Waals surface area contributed by atoms with Crippen molar-refractivity contribution in [1.29, 1.82) is 0 Å². The van der Waals surface area contributed by atoms with Gasteiger partial charge in [-0.05, 0) is 37.5 Å². The van der Waals surface area contributed by atoms with Crippen molar-refractivity contribution in [2.45, 2.75) is 25.8 Å². The fourth-order valence-electron chi connectivity index (χ4n) is 2.91. The topological polar surface area (TPSA) is 109 Å². The molecule has 0 atom stereocenters. The maximum absolute atomic E-state index is 12.3. The van der Waals surface area contributed by atoms with E-state index in [2.05, 4.69) is 20.8 Å². The van der Waals surface area contributed by atoms with Crippen LogP contribution in [0, 0.1) is 6.92 Å². The maximum atomic E-state index is 12.3. The average molecular weight is 378 g/mol. The van der Waals surface area contributed by atoms with Gasteiger partial charge in [0.2, 0.25) is 10.0 Å². The third kappa shape index (κ3) is 4.38. The van der Waals surface area contributed by atoms with Gasteiger partial charge in [0.05, 0.1) is 11.9 Å². The zero-order chi connectivity index (χ0) is 18.7. The van der Waals surface area contributed by atoms with Crippen molar-refractivity contribution in [2.24, 2.45) is 0 Å². The first-order valence-electron chi connectivity index (χ1n) is 8.31. The molecule has 10 heteroatoms. The number of carbonyl (C=O) groups is 1. The van der Waals surface area contributed by atoms with Gasteiger partial charge in [-0.3, -0.25) is 4.57 Å². The Kier molecular flexibility index (Phi) is 5.23. The lowest BCUT2D eigenvalue weighted by Crippen LogP contribution is -2.47. The van der Waals surface area contributed by atoms with Crippen LogP contribution in [0.3, 0.4) is 0 Å². The Morgan fingerprint density at radius 3 is 2.46 bits per heavy atom. The molecule has 26 heavy (non-hydrogen) atoms. The SMILES string of the molecule is Cc1ccc(-n2cnnc2)cc1NC(=O)NC1CCN(S(C)(=O)=O)CC1. The highest BCUT2D eigenvalue weighted by Crippen LogP contribution is 2.20. The molecule has 0 aliphatic carbocycles. The summed E-state index contributed by atoms with van der Waals surface area (Å²) in [4.78, 5) is 12.3. The number of aromatic nitrogens is 3. The molecule has 0 radical (unpaired) electrons. The number of hydrogen-bond acceptors (Lipinski definition) is 5. The molecule has 1 aromatic carbocycles. The summed E-state index contributed by atoms with van der Waals surface area (Å²) in [5.41, 5.74) is 2.48. The Morgan fingerprint density at radius 1 is 1.19 bits per heavy atom. The van der Waals surface area contributed by atoms with Gasteiger partial charge in [0.15, 0.2) is 0 Å². The van der Waals surface area contributed by atoms with Gasteiger partial charge in [0.1, 0.15) is 12.7 Å². The number of rotatable bonds is 4. The van der Waals surface area contributed by atoms with E-state index in [1.54, 1.807) is 17.2 Å². The Morgan fingerprint density at radius 2 is 1.85 bits per heavy atom. The summed E-state index contributed by atoms with van der Waals surface area (Å²) >= 11 is 0. The summed E-state index contributed by atoms with van der Waals surface area (Å²) in [6.07, 6.45) is 5.58. The van der Waals surface area contributed by atoms with Crippen LogP contribution in [0.25, 0.3) is 5.69 Å². The number of benzene rings is 1. The molecule has 9 nitrogen and oxygen atoms in total. The zero-order valence-corrected chi connectivity index (χ0v) is 15.5. The first-order chi connectivity index (χ1) is 12.3. The summed E-state index contributed by atoms with van der Waals surface area (Å²) in [6.45, 7) is 2.76. The lowest BCUT2D eigenvalue weighted by Gasteiger charge is -2.30. The summed E-state index contributed by atoms with van der Waals surface area (Å²) in [7, 11) is -3.17. The van der Waals surface area contributed by atoms with Crippen LogP contribution in [0.4, 0.5) is 10.5 Å². The van der Waals surface area contributed by atoms with Crippen LogP contribution < -0.4 is 10.6 Å². The standard InChI is InChI=1S/C16H22N6O3S/c1-12-3-4-14(21-10-17-18-11-21)9-15(12)20-16(23)19-13-5-7-22(8-6-13)26(2,24)25/h3-4,9-11,13H,5-8H2,1-2H3,(H2,19,20,23). The van der Waals surface area contributed by atoms with E-state index in [4.69, 9.17) is 0 Å². The van der Waals surface area contributed by atoms with Gasteiger partial charge in [-0.25, -0.2) is 17.5 Å². The number of piperidine rings is 1. The summed E-state index contributed by atoms with van der Waals surface area (Å²) in [5.74, 6) is 0. The van der Waals surface area contributed by atoms with E-state index in [1.165, 1.54) is 10.6 Å². The van der Waals surface area contributed by atoms with Crippen LogP contribution in [0.2, 0.25) is 0 Å². The molecule has 1 aliphatic heterocycles. The second kappa shape index (κ2) is 7.42. The molecular weight excluding hydrogens is 356 g/mol. The molecule has 2 amide bonds. The van der Waals surface area contributed by atoms with E-state index in [0.29, 0.717) is 31.6 Å². The van der Waals surface area contributed by atoms with E-state index in [-0.39, 0.29) is 12.1 Å². The van der Waals surface area contributed by atoms with Gasteiger partial charge in [-0.15, -0.1) is 10.2 Å². The Labute approximate surface area is 152 Å². The minimum Gasteiger partial charge on any atom is -0.335 e. The molecule has 2 heterocycles. The van der Waals surface area contributed by atoms with Crippen molar-refractivity contribution in [1.82, 2.24) is 24.4 Å². The van der Waals surface area contributed by atoms with Gasteiger partial charge < -0.3 is 10.6 Å². The highest BCUT2D eigenvalue weighted by molar-refractivity contribution is 7.88. The number of anilines is 1. The van der Waals surface area contributed by atoms with Crippen LogP contribution in [0.5, 0.6) is 0 Å². The van der Waals surface area contributed by atoms with E-state index in [1.807, 2.05) is 25.1 Å². The minimum absolute atomic E-state index is 0.0469. The van der Waals surface area contributed by atoms with Crippen molar-refractivity contribution in [3.8, 4) is 5.69 Å². The van der Waals surface area contributed by atoms with Gasteiger partial charge >= 0.3 is 6.03 Å². The molecule has 0 unspecified atom stereocenters. The lowest BCUT2D eigenvalue weighted by molar-refractivity contribution is 0.238. The van der Waals surface area contributed by atoms with Gasteiger partial charge in [-0.1, -0.05) is 6.07 Å². The van der Waals surface area contributed by atoms with Crippen molar-refractivity contribution >= 4 is 21.7 Å². The lowest BCUT2D eigenvalue weighted by atomic mass is 10.1. The minimum atomic E-state index is -3.17. The first kappa shape index (κ1) is 18.3. The van der Waals surface area contributed by atoms with Crippen LogP contribution in [0.1, 0.15) is 18.4 Å². The van der Waals surface area contributed by atoms with E-state index < -0.39 is 10.0 Å². The number of amides is 2. The highest BCUT2D eigenvalue weighted by atomic mass is 32.2. The van der Waals surface area contributed by atoms with Gasteiger partial charge in [-0.2, -0.15) is 0 Å². The molecule has 1 aromatic heterocycles. The van der Waals surface area contributed by atoms with Crippen molar-refractivity contribution in [3.05, 3.63) is 36.4 Å². The maximum Gasteiger partial charge on any atom is 0.319 e. The molecule has 0 bridgehead atoms. The van der Waals surface area contributed by atoms with Crippen LogP contribution in [0.15, 0.2) is 30.9 Å². The number of aryl methyl sites for hydroxylation is 1. The number of carbonyl (C=O) groups excluding carboxylic acids is 1. The third-order valence-electron chi connectivity index (χ3n) is 4.44. The normalized spacial score (nSPS) is 16.4. The largest absolute Gasteiger partial charge is 0.335 e. The quantitative estimate of drug-likeness (QED) is 0.829. The van der Waals surface area contributed by atoms with E-state index in [0.717, 1.165) is 11.3 Å². The van der Waals surface area contributed by atoms with Gasteiger partial charge in [0, 0.05) is 24.8 Å². The monoisotopic (exact) mass is 378 g/mol. The summed E-state index contributed by atoms with van der Waals surface area (Å²) in [5, 5.41) is 13.3. The predicted molar refractivity (Wildman–Crippen MR) is 97.7 cm³/mol.